The number of amides is 1. The molecule has 4 atom stereocenters. The molecular weight excluding hydrogens is 357 g/mol. The summed E-state index contributed by atoms with van der Waals surface area (Å²) >= 11 is 0. The van der Waals surface area contributed by atoms with Crippen molar-refractivity contribution in [2.75, 3.05) is 7.05 Å². The molecule has 4 unspecified atom stereocenters. The van der Waals surface area contributed by atoms with Crippen molar-refractivity contribution < 1.29 is 4.79 Å². The van der Waals surface area contributed by atoms with Crippen molar-refractivity contribution in [3.8, 4) is 0 Å². The zero-order valence-electron chi connectivity index (χ0n) is 15.1. The molecule has 2 aliphatic rings. The van der Waals surface area contributed by atoms with Crippen LogP contribution in [0, 0.1) is 5.92 Å². The lowest BCUT2D eigenvalue weighted by Gasteiger charge is -2.47. The molecule has 0 saturated carbocycles. The van der Waals surface area contributed by atoms with Crippen LogP contribution in [0.15, 0.2) is 30.3 Å². The Balaban J connectivity index is 0.00000156. The average molecular weight is 388 g/mol. The fourth-order valence-electron chi connectivity index (χ4n) is 4.19. The molecule has 1 aromatic carbocycles. The highest BCUT2D eigenvalue weighted by Crippen LogP contribution is 2.33. The number of piperidine rings is 2. The zero-order chi connectivity index (χ0) is 16.4. The number of hydrogen-bond donors (Lipinski definition) is 2. The van der Waals surface area contributed by atoms with Crippen LogP contribution in [0.1, 0.15) is 50.6 Å². The fraction of sp³-hybridized carbons (Fsp3) is 0.632. The van der Waals surface area contributed by atoms with Crippen LogP contribution in [-0.2, 0) is 4.79 Å². The number of carbonyl (C=O) groups excluding carboxylic acids is 1. The van der Waals surface area contributed by atoms with Crippen LogP contribution in [0.3, 0.4) is 0 Å². The minimum absolute atomic E-state index is 0. The molecule has 2 fully saturated rings. The third-order valence-electron chi connectivity index (χ3n) is 5.82. The average Bonchev–Trinajstić information content (AvgIpc) is 2.55. The Kier molecular flexibility index (Phi) is 8.69. The van der Waals surface area contributed by atoms with E-state index in [1.807, 2.05) is 37.3 Å². The molecule has 2 aliphatic heterocycles. The molecule has 142 valence electrons. The van der Waals surface area contributed by atoms with Gasteiger partial charge in [-0.3, -0.25) is 4.79 Å². The molecule has 1 amide bonds. The molecule has 2 bridgehead atoms. The monoisotopic (exact) mass is 387 g/mol. The van der Waals surface area contributed by atoms with Gasteiger partial charge >= 0.3 is 0 Å². The van der Waals surface area contributed by atoms with Crippen LogP contribution in [0.5, 0.6) is 0 Å². The number of halogens is 2. The van der Waals surface area contributed by atoms with Crippen LogP contribution in [-0.4, -0.2) is 36.0 Å². The van der Waals surface area contributed by atoms with Crippen molar-refractivity contribution in [1.29, 1.82) is 0 Å². The van der Waals surface area contributed by atoms with E-state index in [1.165, 1.54) is 19.3 Å². The highest BCUT2D eigenvalue weighted by Gasteiger charge is 2.37. The summed E-state index contributed by atoms with van der Waals surface area (Å²) < 4.78 is 0. The van der Waals surface area contributed by atoms with Gasteiger partial charge in [0.2, 0.25) is 5.91 Å². The molecule has 0 spiro atoms. The molecule has 3 N–H and O–H groups in total. The third kappa shape index (κ3) is 5.10. The van der Waals surface area contributed by atoms with E-state index in [4.69, 9.17) is 5.73 Å². The number of carbonyl (C=O) groups is 1. The van der Waals surface area contributed by atoms with Crippen molar-refractivity contribution in [3.05, 3.63) is 35.9 Å². The molecule has 0 radical (unpaired) electrons. The molecule has 3 rings (SSSR count). The Bertz CT molecular complexity index is 529. The topological polar surface area (TPSA) is 58.4 Å². The molecule has 6 heteroatoms. The molecule has 2 saturated heterocycles. The lowest BCUT2D eigenvalue weighted by Crippen LogP contribution is -2.56. The summed E-state index contributed by atoms with van der Waals surface area (Å²) in [6, 6.07) is 11.2. The second-order valence-corrected chi connectivity index (χ2v) is 7.31. The Hall–Kier alpha value is -0.810. The Morgan fingerprint density at radius 3 is 2.28 bits per heavy atom. The summed E-state index contributed by atoms with van der Waals surface area (Å²) in [5.41, 5.74) is 7.31. The van der Waals surface area contributed by atoms with Crippen molar-refractivity contribution in [3.63, 3.8) is 0 Å². The third-order valence-corrected chi connectivity index (χ3v) is 5.82. The van der Waals surface area contributed by atoms with Crippen molar-refractivity contribution in [2.45, 2.75) is 63.2 Å². The normalized spacial score (nSPS) is 28.0. The first-order valence-corrected chi connectivity index (χ1v) is 8.89. The van der Waals surface area contributed by atoms with Crippen LogP contribution in [0.4, 0.5) is 0 Å². The van der Waals surface area contributed by atoms with Crippen LogP contribution in [0.25, 0.3) is 0 Å². The Morgan fingerprint density at radius 2 is 1.72 bits per heavy atom. The van der Waals surface area contributed by atoms with E-state index in [1.54, 1.807) is 0 Å². The van der Waals surface area contributed by atoms with Gasteiger partial charge < -0.3 is 16.0 Å². The number of rotatable bonds is 4. The molecule has 0 aromatic heterocycles. The van der Waals surface area contributed by atoms with Gasteiger partial charge in [-0.2, -0.15) is 0 Å². The minimum atomic E-state index is -0.248. The van der Waals surface area contributed by atoms with Gasteiger partial charge in [0.25, 0.3) is 0 Å². The summed E-state index contributed by atoms with van der Waals surface area (Å²) in [4.78, 5) is 15.1. The molecule has 4 nitrogen and oxygen atoms in total. The fourth-order valence-corrected chi connectivity index (χ4v) is 4.19. The Morgan fingerprint density at radius 1 is 1.16 bits per heavy atom. The van der Waals surface area contributed by atoms with E-state index in [0.29, 0.717) is 18.1 Å². The number of nitrogens with two attached hydrogens (primary N) is 1. The van der Waals surface area contributed by atoms with Crippen molar-refractivity contribution in [2.24, 2.45) is 11.7 Å². The minimum Gasteiger partial charge on any atom is -0.353 e. The Labute approximate surface area is 163 Å². The molecule has 25 heavy (non-hydrogen) atoms. The summed E-state index contributed by atoms with van der Waals surface area (Å²) in [6.07, 6.45) is 6.00. The van der Waals surface area contributed by atoms with Crippen molar-refractivity contribution >= 4 is 30.7 Å². The van der Waals surface area contributed by atoms with Crippen molar-refractivity contribution in [1.82, 2.24) is 10.2 Å². The van der Waals surface area contributed by atoms with E-state index in [-0.39, 0.29) is 42.7 Å². The van der Waals surface area contributed by atoms with Gasteiger partial charge in [0, 0.05) is 24.2 Å². The van der Waals surface area contributed by atoms with Crippen LogP contribution >= 0.6 is 24.8 Å². The highest BCUT2D eigenvalue weighted by molar-refractivity contribution is 5.85. The van der Waals surface area contributed by atoms with Gasteiger partial charge in [-0.25, -0.2) is 0 Å². The van der Waals surface area contributed by atoms with E-state index in [9.17, 15) is 4.79 Å². The van der Waals surface area contributed by atoms with E-state index < -0.39 is 0 Å². The number of fused-ring (bicyclic) bond motifs is 2. The maximum absolute atomic E-state index is 12.6. The summed E-state index contributed by atoms with van der Waals surface area (Å²) in [6.45, 7) is 1.93. The second kappa shape index (κ2) is 9.77. The standard InChI is InChI=1S/C19H29N3O.2ClH/c1-13(18(20)14-7-4-3-5-8-14)19(23)21-15-11-16-9-6-10-17(12-15)22(16)2;;/h3-5,7-8,13,15-18H,6,9-12,20H2,1-2H3,(H,21,23);2*1H. The van der Waals surface area contributed by atoms with Gasteiger partial charge in [-0.15, -0.1) is 24.8 Å². The van der Waals surface area contributed by atoms with Crippen LogP contribution < -0.4 is 11.1 Å². The maximum Gasteiger partial charge on any atom is 0.224 e. The van der Waals surface area contributed by atoms with Gasteiger partial charge in [0.1, 0.15) is 0 Å². The first-order valence-electron chi connectivity index (χ1n) is 8.89. The second-order valence-electron chi connectivity index (χ2n) is 7.31. The summed E-state index contributed by atoms with van der Waals surface area (Å²) in [7, 11) is 2.24. The number of hydrogen-bond acceptors (Lipinski definition) is 3. The predicted molar refractivity (Wildman–Crippen MR) is 107 cm³/mol. The largest absolute Gasteiger partial charge is 0.353 e. The lowest BCUT2D eigenvalue weighted by atomic mass is 9.82. The summed E-state index contributed by atoms with van der Waals surface area (Å²) in [5, 5.41) is 3.27. The maximum atomic E-state index is 12.6. The van der Waals surface area contributed by atoms with Crippen LogP contribution in [0.2, 0.25) is 0 Å². The number of nitrogens with one attached hydrogen (secondary N) is 1. The zero-order valence-corrected chi connectivity index (χ0v) is 16.7. The first-order chi connectivity index (χ1) is 11.1. The predicted octanol–water partition coefficient (Wildman–Crippen LogP) is 3.30. The molecular formula is C19H31Cl2N3O. The lowest BCUT2D eigenvalue weighted by molar-refractivity contribution is -0.126. The van der Waals surface area contributed by atoms with E-state index >= 15 is 0 Å². The molecule has 1 aromatic rings. The molecule has 2 heterocycles. The SMILES string of the molecule is CC(C(=O)NC1CC2CCCC(C1)N2C)C(N)c1ccccc1.Cl.Cl. The van der Waals surface area contributed by atoms with Gasteiger partial charge in [0.15, 0.2) is 0 Å². The number of benzene rings is 1. The first kappa shape index (κ1) is 22.2. The molecule has 0 aliphatic carbocycles. The summed E-state index contributed by atoms with van der Waals surface area (Å²) in [5.74, 6) is -0.120. The quantitative estimate of drug-likeness (QED) is 0.832. The van der Waals surface area contributed by atoms with Gasteiger partial charge in [-0.1, -0.05) is 43.7 Å². The van der Waals surface area contributed by atoms with E-state index in [0.717, 1.165) is 18.4 Å². The smallest absolute Gasteiger partial charge is 0.224 e. The highest BCUT2D eigenvalue weighted by atomic mass is 35.5. The number of nitrogens with zero attached hydrogens (tertiary/aromatic N) is 1. The van der Waals surface area contributed by atoms with Gasteiger partial charge in [-0.05, 0) is 38.3 Å². The van der Waals surface area contributed by atoms with E-state index in [2.05, 4.69) is 17.3 Å². The van der Waals surface area contributed by atoms with Gasteiger partial charge in [0.05, 0.1) is 5.92 Å².